The van der Waals surface area contributed by atoms with Crippen LogP contribution in [0.1, 0.15) is 31.1 Å². The number of ether oxygens (including phenoxy) is 2. The third-order valence-corrected chi connectivity index (χ3v) is 4.25. The molecule has 3 aromatic rings. The average Bonchev–Trinajstić information content (AvgIpc) is 3.01. The van der Waals surface area contributed by atoms with Crippen LogP contribution in [0.2, 0.25) is 0 Å². The van der Waals surface area contributed by atoms with Gasteiger partial charge in [-0.05, 0) is 32.9 Å². The van der Waals surface area contributed by atoms with Gasteiger partial charge in [0.1, 0.15) is 22.7 Å². The van der Waals surface area contributed by atoms with E-state index in [0.717, 1.165) is 16.3 Å². The van der Waals surface area contributed by atoms with Gasteiger partial charge in [-0.1, -0.05) is 12.1 Å². The third-order valence-electron chi connectivity index (χ3n) is 3.37. The zero-order valence-corrected chi connectivity index (χ0v) is 15.1. The third kappa shape index (κ3) is 3.71. The van der Waals surface area contributed by atoms with Crippen LogP contribution < -0.4 is 10.1 Å². The molecule has 0 radical (unpaired) electrons. The summed E-state index contributed by atoms with van der Waals surface area (Å²) >= 11 is 1.38. The number of carbonyl (C=O) groups excluding carboxylic acids is 1. The average molecular weight is 357 g/mol. The quantitative estimate of drug-likeness (QED) is 0.659. The predicted octanol–water partition coefficient (Wildman–Crippen LogP) is 4.40. The van der Waals surface area contributed by atoms with Gasteiger partial charge in [-0.15, -0.1) is 11.3 Å². The highest BCUT2D eigenvalue weighted by molar-refractivity contribution is 7.17. The van der Waals surface area contributed by atoms with Crippen LogP contribution in [-0.4, -0.2) is 28.6 Å². The highest BCUT2D eigenvalue weighted by Crippen LogP contribution is 2.34. The van der Waals surface area contributed by atoms with Crippen LogP contribution >= 0.6 is 11.3 Å². The van der Waals surface area contributed by atoms with Gasteiger partial charge in [0.05, 0.1) is 29.3 Å². The van der Waals surface area contributed by atoms with Crippen LogP contribution in [-0.2, 0) is 4.74 Å². The number of thiophene rings is 1. The molecule has 0 aliphatic carbocycles. The fourth-order valence-electron chi connectivity index (χ4n) is 2.38. The number of esters is 1. The van der Waals surface area contributed by atoms with E-state index in [4.69, 9.17) is 9.47 Å². The van der Waals surface area contributed by atoms with Gasteiger partial charge < -0.3 is 14.8 Å². The molecule has 7 heteroatoms. The molecular weight excluding hydrogens is 338 g/mol. The van der Waals surface area contributed by atoms with Crippen LogP contribution in [0.5, 0.6) is 5.75 Å². The molecule has 0 spiro atoms. The van der Waals surface area contributed by atoms with E-state index in [2.05, 4.69) is 15.3 Å². The van der Waals surface area contributed by atoms with Crippen molar-refractivity contribution >= 4 is 39.0 Å². The fourth-order valence-corrected chi connectivity index (χ4v) is 3.26. The van der Waals surface area contributed by atoms with Crippen LogP contribution in [0.3, 0.4) is 0 Å². The molecule has 0 saturated carbocycles. The molecule has 1 N–H and O–H groups in total. The lowest BCUT2D eigenvalue weighted by atomic mass is 10.2. The Morgan fingerprint density at radius 3 is 2.84 bits per heavy atom. The molecule has 130 valence electrons. The van der Waals surface area contributed by atoms with E-state index in [1.165, 1.54) is 17.7 Å². The summed E-state index contributed by atoms with van der Waals surface area (Å²) in [4.78, 5) is 21.5. The molecule has 0 fully saturated rings. The lowest BCUT2D eigenvalue weighted by molar-refractivity contribution is 0.0529. The zero-order valence-electron chi connectivity index (χ0n) is 14.3. The Bertz CT molecular complexity index is 892. The van der Waals surface area contributed by atoms with Gasteiger partial charge in [-0.25, -0.2) is 14.8 Å². The number of fused-ring (bicyclic) bond motifs is 1. The topological polar surface area (TPSA) is 73.3 Å². The molecule has 2 heterocycles. The van der Waals surface area contributed by atoms with Gasteiger partial charge >= 0.3 is 5.97 Å². The second-order valence-electron chi connectivity index (χ2n) is 5.56. The number of anilines is 2. The maximum absolute atomic E-state index is 12.2. The Morgan fingerprint density at radius 2 is 2.08 bits per heavy atom. The number of hydrogen-bond donors (Lipinski definition) is 1. The molecule has 0 atom stereocenters. The van der Waals surface area contributed by atoms with E-state index in [1.807, 2.05) is 38.1 Å². The second kappa shape index (κ2) is 7.48. The molecule has 3 rings (SSSR count). The number of benzene rings is 1. The largest absolute Gasteiger partial charge is 0.489 e. The lowest BCUT2D eigenvalue weighted by Crippen LogP contribution is -2.08. The number of nitrogens with one attached hydrogen (secondary N) is 1. The first-order valence-corrected chi connectivity index (χ1v) is 8.90. The molecule has 0 bridgehead atoms. The monoisotopic (exact) mass is 357 g/mol. The number of aromatic nitrogens is 2. The fraction of sp³-hybridized carbons (Fsp3) is 0.278. The van der Waals surface area contributed by atoms with E-state index >= 15 is 0 Å². The number of rotatable bonds is 6. The maximum Gasteiger partial charge on any atom is 0.339 e. The summed E-state index contributed by atoms with van der Waals surface area (Å²) < 4.78 is 11.0. The SMILES string of the molecule is CCOC(=O)c1csc2ncnc(Nc3ccccc3OC(C)C)c12. The van der Waals surface area contributed by atoms with Gasteiger partial charge in [0.25, 0.3) is 0 Å². The Morgan fingerprint density at radius 1 is 1.28 bits per heavy atom. The standard InChI is InChI=1S/C18H19N3O3S/c1-4-23-18(22)12-9-25-17-15(12)16(19-10-20-17)21-13-7-5-6-8-14(13)24-11(2)3/h5-11H,4H2,1-3H3,(H,19,20,21). The van der Waals surface area contributed by atoms with E-state index < -0.39 is 0 Å². The molecule has 25 heavy (non-hydrogen) atoms. The van der Waals surface area contributed by atoms with Crippen molar-refractivity contribution in [3.63, 3.8) is 0 Å². The van der Waals surface area contributed by atoms with Crippen molar-refractivity contribution < 1.29 is 14.3 Å². The van der Waals surface area contributed by atoms with Gasteiger partial charge in [-0.3, -0.25) is 0 Å². The number of nitrogens with zero attached hydrogens (tertiary/aromatic N) is 2. The Balaban J connectivity index is 2.03. The number of carbonyl (C=O) groups is 1. The second-order valence-corrected chi connectivity index (χ2v) is 6.42. The predicted molar refractivity (Wildman–Crippen MR) is 98.9 cm³/mol. The van der Waals surface area contributed by atoms with Crippen molar-refractivity contribution in [1.29, 1.82) is 0 Å². The van der Waals surface area contributed by atoms with Gasteiger partial charge in [0, 0.05) is 5.38 Å². The smallest absolute Gasteiger partial charge is 0.339 e. The molecule has 0 amide bonds. The maximum atomic E-state index is 12.2. The minimum Gasteiger partial charge on any atom is -0.489 e. The van der Waals surface area contributed by atoms with Crippen LogP contribution in [0.25, 0.3) is 10.2 Å². The van der Waals surface area contributed by atoms with Crippen molar-refractivity contribution in [3.8, 4) is 5.75 Å². The normalized spacial score (nSPS) is 10.9. The highest BCUT2D eigenvalue weighted by atomic mass is 32.1. The molecule has 0 aliphatic rings. The van der Waals surface area contributed by atoms with E-state index in [-0.39, 0.29) is 12.1 Å². The molecule has 1 aromatic carbocycles. The summed E-state index contributed by atoms with van der Waals surface area (Å²) in [6.07, 6.45) is 1.52. The molecule has 6 nitrogen and oxygen atoms in total. The van der Waals surface area contributed by atoms with Crippen molar-refractivity contribution in [2.75, 3.05) is 11.9 Å². The minimum atomic E-state index is -0.377. The first kappa shape index (κ1) is 17.2. The lowest BCUT2D eigenvalue weighted by Gasteiger charge is -2.15. The van der Waals surface area contributed by atoms with E-state index in [9.17, 15) is 4.79 Å². The Kier molecular flexibility index (Phi) is 5.14. The summed E-state index contributed by atoms with van der Waals surface area (Å²) in [5.74, 6) is 0.893. The number of hydrogen-bond acceptors (Lipinski definition) is 7. The summed E-state index contributed by atoms with van der Waals surface area (Å²) in [5.41, 5.74) is 1.24. The Hall–Kier alpha value is -2.67. The molecular formula is C18H19N3O3S. The van der Waals surface area contributed by atoms with Crippen molar-refractivity contribution in [3.05, 3.63) is 41.5 Å². The number of para-hydroxylation sites is 2. The highest BCUT2D eigenvalue weighted by Gasteiger charge is 2.19. The zero-order chi connectivity index (χ0) is 17.8. The Labute approximate surface area is 149 Å². The first-order chi connectivity index (χ1) is 12.1. The molecule has 0 aliphatic heterocycles. The summed E-state index contributed by atoms with van der Waals surface area (Å²) in [5, 5.41) is 5.67. The van der Waals surface area contributed by atoms with E-state index in [1.54, 1.807) is 12.3 Å². The summed E-state index contributed by atoms with van der Waals surface area (Å²) in [6, 6.07) is 7.61. The van der Waals surface area contributed by atoms with Gasteiger partial charge in [0.2, 0.25) is 0 Å². The van der Waals surface area contributed by atoms with Crippen molar-refractivity contribution in [2.24, 2.45) is 0 Å². The molecule has 2 aromatic heterocycles. The summed E-state index contributed by atoms with van der Waals surface area (Å²) in [7, 11) is 0. The van der Waals surface area contributed by atoms with Gasteiger partial charge in [0.15, 0.2) is 0 Å². The van der Waals surface area contributed by atoms with Crippen molar-refractivity contribution in [2.45, 2.75) is 26.9 Å². The molecule has 0 unspecified atom stereocenters. The molecule has 0 saturated heterocycles. The minimum absolute atomic E-state index is 0.0459. The van der Waals surface area contributed by atoms with E-state index in [0.29, 0.717) is 23.4 Å². The van der Waals surface area contributed by atoms with Crippen LogP contribution in [0.15, 0.2) is 36.0 Å². The van der Waals surface area contributed by atoms with Crippen LogP contribution in [0, 0.1) is 0 Å². The van der Waals surface area contributed by atoms with Gasteiger partial charge in [-0.2, -0.15) is 0 Å². The summed E-state index contributed by atoms with van der Waals surface area (Å²) in [6.45, 7) is 6.04. The van der Waals surface area contributed by atoms with Crippen LogP contribution in [0.4, 0.5) is 11.5 Å². The first-order valence-electron chi connectivity index (χ1n) is 8.02. The van der Waals surface area contributed by atoms with Crippen molar-refractivity contribution in [1.82, 2.24) is 9.97 Å².